The molecule has 2 aromatic rings. The summed E-state index contributed by atoms with van der Waals surface area (Å²) in [4.78, 5) is 12.1. The van der Waals surface area contributed by atoms with Crippen LogP contribution in [0.1, 0.15) is 41.5 Å². The minimum absolute atomic E-state index is 0.266. The van der Waals surface area contributed by atoms with Crippen LogP contribution in [0.15, 0.2) is 34.8 Å². The molecule has 0 unspecified atom stereocenters. The fourth-order valence-corrected chi connectivity index (χ4v) is 2.27. The van der Waals surface area contributed by atoms with Crippen molar-refractivity contribution in [1.82, 2.24) is 10.2 Å². The molecule has 5 heteroatoms. The molecule has 0 atom stereocenters. The lowest BCUT2D eigenvalue weighted by Crippen LogP contribution is -2.15. The highest BCUT2D eigenvalue weighted by Crippen LogP contribution is 2.23. The summed E-state index contributed by atoms with van der Waals surface area (Å²) in [5.41, 5.74) is 3.02. The number of nitrogens with zero attached hydrogens (tertiary/aromatic N) is 2. The summed E-state index contributed by atoms with van der Waals surface area (Å²) in [7, 11) is 0. The number of aryl methyl sites for hydroxylation is 1. The average Bonchev–Trinajstić information content (AvgIpc) is 2.42. The maximum absolute atomic E-state index is 12.1. The molecule has 1 N–H and O–H groups in total. The highest BCUT2D eigenvalue weighted by atomic mass is 79.9. The molecular formula is C15H16BrN3O. The largest absolute Gasteiger partial charge is 0.320 e. The molecule has 0 fully saturated rings. The van der Waals surface area contributed by atoms with Gasteiger partial charge in [-0.05, 0) is 58.6 Å². The van der Waals surface area contributed by atoms with Gasteiger partial charge in [-0.25, -0.2) is 0 Å². The number of rotatable bonds is 3. The smallest absolute Gasteiger partial charge is 0.276 e. The Morgan fingerprint density at radius 3 is 2.50 bits per heavy atom. The summed E-state index contributed by atoms with van der Waals surface area (Å²) >= 11 is 3.43. The van der Waals surface area contributed by atoms with E-state index in [4.69, 9.17) is 0 Å². The van der Waals surface area contributed by atoms with Crippen molar-refractivity contribution in [2.75, 3.05) is 5.32 Å². The van der Waals surface area contributed by atoms with E-state index in [1.165, 1.54) is 0 Å². The van der Waals surface area contributed by atoms with Crippen molar-refractivity contribution in [3.05, 3.63) is 51.8 Å². The maximum atomic E-state index is 12.1. The molecule has 1 amide bonds. The number of halogens is 1. The molecule has 0 aliphatic carbocycles. The van der Waals surface area contributed by atoms with Crippen molar-refractivity contribution in [2.45, 2.75) is 26.7 Å². The van der Waals surface area contributed by atoms with Gasteiger partial charge in [-0.3, -0.25) is 4.79 Å². The molecule has 0 spiro atoms. The Morgan fingerprint density at radius 1 is 1.20 bits per heavy atom. The quantitative estimate of drug-likeness (QED) is 0.925. The summed E-state index contributed by atoms with van der Waals surface area (Å²) < 4.78 is 0.845. The van der Waals surface area contributed by atoms with Crippen LogP contribution >= 0.6 is 15.9 Å². The standard InChI is InChI=1S/C15H16BrN3O/c1-9(2)12-6-7-14(19-18-12)15(20)17-13-5-4-10(3)8-11(13)16/h4-9H,1-3H3,(H,17,20). The van der Waals surface area contributed by atoms with Crippen molar-refractivity contribution >= 4 is 27.5 Å². The number of benzene rings is 1. The predicted octanol–water partition coefficient (Wildman–Crippen LogP) is 3.92. The van der Waals surface area contributed by atoms with E-state index in [0.29, 0.717) is 11.6 Å². The van der Waals surface area contributed by atoms with Crippen LogP contribution < -0.4 is 5.32 Å². The van der Waals surface area contributed by atoms with E-state index in [2.05, 4.69) is 31.4 Å². The molecule has 1 aromatic heterocycles. The topological polar surface area (TPSA) is 54.9 Å². The zero-order valence-electron chi connectivity index (χ0n) is 11.6. The predicted molar refractivity (Wildman–Crippen MR) is 83.0 cm³/mol. The molecule has 0 aliphatic heterocycles. The number of aromatic nitrogens is 2. The Hall–Kier alpha value is -1.75. The Balaban J connectivity index is 2.15. The number of anilines is 1. The zero-order valence-corrected chi connectivity index (χ0v) is 13.2. The maximum Gasteiger partial charge on any atom is 0.276 e. The molecule has 0 radical (unpaired) electrons. The molecular weight excluding hydrogens is 318 g/mol. The minimum atomic E-state index is -0.266. The van der Waals surface area contributed by atoms with E-state index in [0.717, 1.165) is 21.4 Å². The zero-order chi connectivity index (χ0) is 14.7. The van der Waals surface area contributed by atoms with Gasteiger partial charge >= 0.3 is 0 Å². The Labute approximate surface area is 126 Å². The third-order valence-corrected chi connectivity index (χ3v) is 3.54. The Morgan fingerprint density at radius 2 is 1.95 bits per heavy atom. The Bertz CT molecular complexity index is 624. The van der Waals surface area contributed by atoms with E-state index in [1.54, 1.807) is 6.07 Å². The molecule has 1 aromatic carbocycles. The van der Waals surface area contributed by atoms with Gasteiger partial charge in [0, 0.05) is 4.47 Å². The first-order valence-electron chi connectivity index (χ1n) is 6.38. The Kier molecular flexibility index (Phi) is 4.49. The highest BCUT2D eigenvalue weighted by Gasteiger charge is 2.11. The first kappa shape index (κ1) is 14.7. The lowest BCUT2D eigenvalue weighted by molar-refractivity contribution is 0.102. The molecule has 4 nitrogen and oxygen atoms in total. The van der Waals surface area contributed by atoms with Crippen molar-refractivity contribution in [3.63, 3.8) is 0 Å². The van der Waals surface area contributed by atoms with E-state index < -0.39 is 0 Å². The van der Waals surface area contributed by atoms with Crippen molar-refractivity contribution in [2.24, 2.45) is 0 Å². The second-order valence-electron chi connectivity index (χ2n) is 4.94. The number of carbonyl (C=O) groups is 1. The number of amides is 1. The van der Waals surface area contributed by atoms with Crippen LogP contribution in [0.5, 0.6) is 0 Å². The summed E-state index contributed by atoms with van der Waals surface area (Å²) in [6.45, 7) is 6.06. The van der Waals surface area contributed by atoms with Gasteiger partial charge in [0.2, 0.25) is 0 Å². The number of hydrogen-bond donors (Lipinski definition) is 1. The van der Waals surface area contributed by atoms with Crippen LogP contribution in [0.3, 0.4) is 0 Å². The molecule has 2 rings (SSSR count). The van der Waals surface area contributed by atoms with Gasteiger partial charge in [-0.15, -0.1) is 5.10 Å². The van der Waals surface area contributed by atoms with E-state index in [9.17, 15) is 4.79 Å². The van der Waals surface area contributed by atoms with Crippen LogP contribution in [0.4, 0.5) is 5.69 Å². The fourth-order valence-electron chi connectivity index (χ4n) is 1.68. The first-order chi connectivity index (χ1) is 9.47. The van der Waals surface area contributed by atoms with Crippen LogP contribution in [0, 0.1) is 6.92 Å². The SMILES string of the molecule is Cc1ccc(NC(=O)c2ccc(C(C)C)nn2)c(Br)c1. The molecule has 0 saturated heterocycles. The second kappa shape index (κ2) is 6.13. The van der Waals surface area contributed by atoms with Crippen LogP contribution in [-0.2, 0) is 0 Å². The second-order valence-corrected chi connectivity index (χ2v) is 5.79. The van der Waals surface area contributed by atoms with E-state index in [1.807, 2.05) is 45.0 Å². The van der Waals surface area contributed by atoms with Gasteiger partial charge in [0.15, 0.2) is 5.69 Å². The van der Waals surface area contributed by atoms with Crippen LogP contribution in [0.2, 0.25) is 0 Å². The highest BCUT2D eigenvalue weighted by molar-refractivity contribution is 9.10. The lowest BCUT2D eigenvalue weighted by Gasteiger charge is -2.08. The molecule has 0 bridgehead atoms. The number of nitrogens with one attached hydrogen (secondary N) is 1. The van der Waals surface area contributed by atoms with Gasteiger partial charge in [0.1, 0.15) is 0 Å². The van der Waals surface area contributed by atoms with Gasteiger partial charge < -0.3 is 5.32 Å². The third-order valence-electron chi connectivity index (χ3n) is 2.88. The summed E-state index contributed by atoms with van der Waals surface area (Å²) in [5.74, 6) is 0.0308. The summed E-state index contributed by atoms with van der Waals surface area (Å²) in [5, 5.41) is 10.8. The molecule has 20 heavy (non-hydrogen) atoms. The van der Waals surface area contributed by atoms with Crippen LogP contribution in [0.25, 0.3) is 0 Å². The van der Waals surface area contributed by atoms with Crippen molar-refractivity contribution in [3.8, 4) is 0 Å². The van der Waals surface area contributed by atoms with Gasteiger partial charge in [0.25, 0.3) is 5.91 Å². The molecule has 0 aliphatic rings. The molecule has 104 valence electrons. The fraction of sp³-hybridized carbons (Fsp3) is 0.267. The third kappa shape index (κ3) is 3.42. The van der Waals surface area contributed by atoms with Gasteiger partial charge in [-0.1, -0.05) is 19.9 Å². The minimum Gasteiger partial charge on any atom is -0.320 e. The normalized spacial score (nSPS) is 10.7. The van der Waals surface area contributed by atoms with Crippen LogP contribution in [-0.4, -0.2) is 16.1 Å². The average molecular weight is 334 g/mol. The van der Waals surface area contributed by atoms with Crippen molar-refractivity contribution < 1.29 is 4.79 Å². The van der Waals surface area contributed by atoms with Gasteiger partial charge in [-0.2, -0.15) is 5.10 Å². The summed E-state index contributed by atoms with van der Waals surface area (Å²) in [6, 6.07) is 9.26. The molecule has 1 heterocycles. The number of carbonyl (C=O) groups excluding carboxylic acids is 1. The monoisotopic (exact) mass is 333 g/mol. The molecule has 0 saturated carbocycles. The van der Waals surface area contributed by atoms with Gasteiger partial charge in [0.05, 0.1) is 11.4 Å². The first-order valence-corrected chi connectivity index (χ1v) is 7.18. The van der Waals surface area contributed by atoms with E-state index >= 15 is 0 Å². The lowest BCUT2D eigenvalue weighted by atomic mass is 10.1. The summed E-state index contributed by atoms with van der Waals surface area (Å²) in [6.07, 6.45) is 0. The number of hydrogen-bond acceptors (Lipinski definition) is 3. The van der Waals surface area contributed by atoms with E-state index in [-0.39, 0.29) is 5.91 Å². The van der Waals surface area contributed by atoms with Crippen molar-refractivity contribution in [1.29, 1.82) is 0 Å².